The number of rotatable bonds is 12. The van der Waals surface area contributed by atoms with Gasteiger partial charge in [0.1, 0.15) is 23.9 Å². The van der Waals surface area contributed by atoms with Crippen molar-refractivity contribution in [3.05, 3.63) is 95.1 Å². The van der Waals surface area contributed by atoms with Crippen molar-refractivity contribution in [3.8, 4) is 0 Å². The third-order valence-corrected chi connectivity index (χ3v) is 13.2. The van der Waals surface area contributed by atoms with Gasteiger partial charge in [0.25, 0.3) is 0 Å². The van der Waals surface area contributed by atoms with Crippen LogP contribution in [-0.4, -0.2) is 105 Å². The lowest BCUT2D eigenvalue weighted by Crippen LogP contribution is -2.82. The first-order chi connectivity index (χ1) is 28.7. The summed E-state index contributed by atoms with van der Waals surface area (Å²) in [6.07, 6.45) is -6.28. The molecule has 328 valence electrons. The average Bonchev–Trinajstić information content (AvgIpc) is 3.21. The minimum atomic E-state index is -2.38. The van der Waals surface area contributed by atoms with Crippen molar-refractivity contribution in [2.45, 2.75) is 128 Å². The second-order valence-electron chi connectivity index (χ2n) is 17.2. The fraction of sp³-hybridized carbons (Fsp3) is 0.522. The zero-order chi connectivity index (χ0) is 44.7. The Hall–Kier alpha value is -5.22. The van der Waals surface area contributed by atoms with Gasteiger partial charge in [0.2, 0.25) is 5.91 Å². The van der Waals surface area contributed by atoms with Gasteiger partial charge in [-0.05, 0) is 49.1 Å². The van der Waals surface area contributed by atoms with Crippen LogP contribution >= 0.6 is 0 Å². The molecule has 11 atom stereocenters. The maximum atomic E-state index is 15.5. The summed E-state index contributed by atoms with van der Waals surface area (Å²) in [6.45, 7) is 9.91. The fourth-order valence-corrected chi connectivity index (χ4v) is 9.96. The Bertz CT molecular complexity index is 2100. The molecule has 1 heterocycles. The molecule has 2 bridgehead atoms. The first-order valence-corrected chi connectivity index (χ1v) is 20.5. The number of carbonyl (C=O) groups is 6. The van der Waals surface area contributed by atoms with Gasteiger partial charge in [-0.15, -0.1) is 0 Å². The van der Waals surface area contributed by atoms with Crippen LogP contribution in [0.15, 0.2) is 84.0 Å². The quantitative estimate of drug-likeness (QED) is 0.136. The molecule has 3 fully saturated rings. The van der Waals surface area contributed by atoms with Gasteiger partial charge in [-0.1, -0.05) is 81.5 Å². The summed E-state index contributed by atoms with van der Waals surface area (Å²) < 4.78 is 30.2. The number of esters is 4. The number of nitrogens with one attached hydrogen (secondary N) is 1. The summed E-state index contributed by atoms with van der Waals surface area (Å²) in [4.78, 5) is 82.9. The smallest absolute Gasteiger partial charge is 0.338 e. The van der Waals surface area contributed by atoms with Crippen LogP contribution in [0.2, 0.25) is 0 Å². The van der Waals surface area contributed by atoms with E-state index in [1.165, 1.54) is 26.0 Å². The molecule has 2 aromatic rings. The van der Waals surface area contributed by atoms with Crippen LogP contribution in [-0.2, 0) is 47.7 Å². The van der Waals surface area contributed by atoms with E-state index in [1.54, 1.807) is 74.5 Å². The largest absolute Gasteiger partial charge is 0.456 e. The summed E-state index contributed by atoms with van der Waals surface area (Å²) >= 11 is 0. The van der Waals surface area contributed by atoms with Gasteiger partial charge in [0.05, 0.1) is 35.6 Å². The molecule has 1 aliphatic heterocycles. The van der Waals surface area contributed by atoms with Crippen LogP contribution < -0.4 is 5.32 Å². The molecular formula is C46H55NO14. The number of hydrogen-bond acceptors (Lipinski definition) is 14. The van der Waals surface area contributed by atoms with E-state index in [2.05, 4.69) is 5.32 Å². The predicted octanol–water partition coefficient (Wildman–Crippen LogP) is 3.78. The monoisotopic (exact) mass is 845 g/mol. The lowest BCUT2D eigenvalue weighted by Gasteiger charge is -2.67. The van der Waals surface area contributed by atoms with Gasteiger partial charge >= 0.3 is 23.9 Å². The van der Waals surface area contributed by atoms with Crippen LogP contribution in [0.5, 0.6) is 0 Å². The van der Waals surface area contributed by atoms with E-state index in [4.69, 9.17) is 23.7 Å². The fourth-order valence-electron chi connectivity index (χ4n) is 9.96. The zero-order valence-electron chi connectivity index (χ0n) is 35.4. The first-order valence-electron chi connectivity index (χ1n) is 20.5. The topological polar surface area (TPSA) is 221 Å². The third-order valence-electron chi connectivity index (χ3n) is 13.2. The van der Waals surface area contributed by atoms with Gasteiger partial charge in [0.15, 0.2) is 23.6 Å². The molecule has 0 spiro atoms. The Kier molecular flexibility index (Phi) is 12.8. The number of ether oxygens (including phenoxy) is 5. The highest BCUT2D eigenvalue weighted by Crippen LogP contribution is 2.64. The van der Waals surface area contributed by atoms with Crippen molar-refractivity contribution in [1.82, 2.24) is 5.32 Å². The Balaban J connectivity index is 1.53. The molecule has 4 aliphatic rings. The second kappa shape index (κ2) is 17.3. The van der Waals surface area contributed by atoms with Gasteiger partial charge in [-0.25, -0.2) is 9.59 Å². The van der Waals surface area contributed by atoms with Crippen LogP contribution in [0.4, 0.5) is 0 Å². The number of aliphatic hydroxyl groups is 3. The van der Waals surface area contributed by atoms with Gasteiger partial charge in [-0.3, -0.25) is 19.2 Å². The normalized spacial score (nSPS) is 32.4. The number of benzene rings is 2. The maximum Gasteiger partial charge on any atom is 0.338 e. The summed E-state index contributed by atoms with van der Waals surface area (Å²) in [5, 5.41) is 40.1. The number of allylic oxidation sites excluding steroid dienone is 1. The highest BCUT2D eigenvalue weighted by atomic mass is 16.6. The lowest BCUT2D eigenvalue weighted by atomic mass is 9.44. The van der Waals surface area contributed by atoms with E-state index in [1.807, 2.05) is 6.92 Å². The average molecular weight is 846 g/mol. The third kappa shape index (κ3) is 7.92. The van der Waals surface area contributed by atoms with E-state index >= 15 is 4.79 Å². The van der Waals surface area contributed by atoms with E-state index in [0.29, 0.717) is 12.0 Å². The van der Waals surface area contributed by atoms with Gasteiger partial charge in [0, 0.05) is 38.5 Å². The molecule has 2 aromatic carbocycles. The second-order valence-corrected chi connectivity index (χ2v) is 17.2. The summed E-state index contributed by atoms with van der Waals surface area (Å²) in [6, 6.07) is 14.9. The van der Waals surface area contributed by atoms with Crippen LogP contribution in [0.1, 0.15) is 96.1 Å². The molecule has 0 aromatic heterocycles. The standard InChI is InChI=1S/C46H55NO14/c1-8-9-12-21-33(51)47-35(28-17-13-10-14-18-28)36(52)42(55)59-30-23-46(56)40(60-41(54)29-19-15-11-16-20-29)38-44(7,31(50)22-32-45(38,24-57-32)61-27(4)49)39(53)37(58-26(3)48)34(25(30)2)43(46,5)6/h9-20,30-32,35-38,40,50,52,56H,8,21-24H2,1-7H3,(H,47,51)/b12-9+/t30-,31-,32+,35-,36+,37+,38-,40-,44+,45-,46+/m0/s1. The molecule has 61 heavy (non-hydrogen) atoms. The van der Waals surface area contributed by atoms with Crippen molar-refractivity contribution >= 4 is 35.6 Å². The number of Topliss-reactive ketones (excluding diaryl/α,β-unsaturated/α-hetero) is 1. The van der Waals surface area contributed by atoms with Gasteiger partial charge < -0.3 is 44.3 Å². The van der Waals surface area contributed by atoms with Crippen molar-refractivity contribution in [2.24, 2.45) is 16.7 Å². The number of aliphatic hydroxyl groups excluding tert-OH is 2. The molecule has 0 radical (unpaired) electrons. The van der Waals surface area contributed by atoms with E-state index in [-0.39, 0.29) is 36.2 Å². The molecule has 2 saturated carbocycles. The Labute approximate surface area is 354 Å². The Morgan fingerprint density at radius 3 is 2.15 bits per heavy atom. The number of hydrogen-bond donors (Lipinski definition) is 4. The molecular weight excluding hydrogens is 790 g/mol. The number of ketones is 1. The van der Waals surface area contributed by atoms with E-state index in [0.717, 1.165) is 13.8 Å². The molecule has 1 amide bonds. The van der Waals surface area contributed by atoms with Crippen molar-refractivity contribution in [2.75, 3.05) is 6.61 Å². The number of carbonyl (C=O) groups excluding carboxylic acids is 6. The van der Waals surface area contributed by atoms with Crippen LogP contribution in [0.3, 0.4) is 0 Å². The highest BCUT2D eigenvalue weighted by molar-refractivity contribution is 5.95. The highest BCUT2D eigenvalue weighted by Gasteiger charge is 2.78. The zero-order valence-corrected chi connectivity index (χ0v) is 35.4. The predicted molar refractivity (Wildman–Crippen MR) is 216 cm³/mol. The Morgan fingerprint density at radius 1 is 0.934 bits per heavy atom. The van der Waals surface area contributed by atoms with Crippen molar-refractivity contribution < 1.29 is 67.8 Å². The molecule has 15 nitrogen and oxygen atoms in total. The Morgan fingerprint density at radius 2 is 1.57 bits per heavy atom. The van der Waals surface area contributed by atoms with Crippen LogP contribution in [0.25, 0.3) is 0 Å². The maximum absolute atomic E-state index is 15.5. The van der Waals surface area contributed by atoms with Crippen molar-refractivity contribution in [3.63, 3.8) is 0 Å². The van der Waals surface area contributed by atoms with Gasteiger partial charge in [-0.2, -0.15) is 0 Å². The molecule has 3 aliphatic carbocycles. The minimum Gasteiger partial charge on any atom is -0.456 e. The summed E-state index contributed by atoms with van der Waals surface area (Å²) in [5.41, 5.74) is -7.19. The molecule has 15 heteroatoms. The molecule has 0 unspecified atom stereocenters. The molecule has 4 N–H and O–H groups in total. The van der Waals surface area contributed by atoms with Crippen molar-refractivity contribution in [1.29, 1.82) is 0 Å². The first kappa shape index (κ1) is 45.3. The van der Waals surface area contributed by atoms with E-state index < -0.39 is 113 Å². The summed E-state index contributed by atoms with van der Waals surface area (Å²) in [7, 11) is 0. The summed E-state index contributed by atoms with van der Waals surface area (Å²) in [5.74, 6) is -6.68. The van der Waals surface area contributed by atoms with E-state index in [9.17, 15) is 39.3 Å². The number of amides is 1. The molecule has 1 saturated heterocycles. The minimum absolute atomic E-state index is 0.00511. The van der Waals surface area contributed by atoms with Crippen LogP contribution in [0, 0.1) is 16.7 Å². The number of fused-ring (bicyclic) bond motifs is 5. The SMILES string of the molecule is CC/C=C/CC(=O)N[C@@H](c1ccccc1)[C@@H](O)C(=O)O[C@H]1C[C@@]2(O)[C@@H](OC(=O)c3ccccc3)[C@@H]3[C@]4(OC(C)=O)CO[C@@H]4C[C@H](O)[C@@]3(C)C(=O)[C@H](OC(C)=O)C(=C1C)C2(C)C. The lowest BCUT2D eigenvalue weighted by molar-refractivity contribution is -0.346. The molecule has 6 rings (SSSR count).